The van der Waals surface area contributed by atoms with Gasteiger partial charge in [-0.25, -0.2) is 0 Å². The van der Waals surface area contributed by atoms with E-state index in [-0.39, 0.29) is 5.91 Å². The first kappa shape index (κ1) is 21.2. The summed E-state index contributed by atoms with van der Waals surface area (Å²) in [6.45, 7) is 3.85. The molecule has 1 atom stereocenters. The highest BCUT2D eigenvalue weighted by Crippen LogP contribution is 2.34. The number of nitrogens with zero attached hydrogens (tertiary/aromatic N) is 2. The molecule has 1 heterocycles. The maximum atomic E-state index is 12.8. The summed E-state index contributed by atoms with van der Waals surface area (Å²) in [5.74, 6) is 0.320. The van der Waals surface area contributed by atoms with Crippen molar-refractivity contribution < 1.29 is 9.21 Å². The Morgan fingerprint density at radius 2 is 1.65 bits per heavy atom. The lowest BCUT2D eigenvalue weighted by molar-refractivity contribution is -0.115. The number of aromatic nitrogens is 2. The molecule has 1 unspecified atom stereocenters. The van der Waals surface area contributed by atoms with Gasteiger partial charge in [0.15, 0.2) is 0 Å². The number of rotatable bonds is 7. The fraction of sp³-hybridized carbons (Fsp3) is 0.125. The van der Waals surface area contributed by atoms with Crippen molar-refractivity contribution in [1.29, 1.82) is 0 Å². The summed E-state index contributed by atoms with van der Waals surface area (Å²) in [5.41, 5.74) is 2.79. The lowest BCUT2D eigenvalue weighted by Crippen LogP contribution is -2.22. The van der Waals surface area contributed by atoms with Gasteiger partial charge in [-0.2, -0.15) is 0 Å². The van der Waals surface area contributed by atoms with Gasteiger partial charge in [0.1, 0.15) is 0 Å². The van der Waals surface area contributed by atoms with Gasteiger partial charge >= 0.3 is 0 Å². The molecule has 5 nitrogen and oxygen atoms in total. The average Bonchev–Trinajstić information content (AvgIpc) is 3.24. The standard InChI is InChI=1S/C24H21N3O2S2/c1-16-12-14-18(15-13-16)23-26-27-24(29-23)30-17(2)22(28)25-20-10-6-7-11-21(20)31-19-8-4-3-5-9-19/h3-15,17H,1-2H3,(H,25,28). The third-order valence-corrected chi connectivity index (χ3v) is 6.49. The monoisotopic (exact) mass is 447 g/mol. The second kappa shape index (κ2) is 9.85. The van der Waals surface area contributed by atoms with Gasteiger partial charge in [-0.05, 0) is 50.2 Å². The number of benzene rings is 3. The molecule has 4 aromatic rings. The molecular formula is C24H21N3O2S2. The molecule has 0 aliphatic heterocycles. The SMILES string of the molecule is Cc1ccc(-c2nnc(SC(C)C(=O)Nc3ccccc3Sc3ccccc3)o2)cc1. The fourth-order valence-corrected chi connectivity index (χ4v) is 4.39. The van der Waals surface area contributed by atoms with E-state index in [9.17, 15) is 4.79 Å². The summed E-state index contributed by atoms with van der Waals surface area (Å²) in [4.78, 5) is 14.9. The summed E-state index contributed by atoms with van der Waals surface area (Å²) in [6.07, 6.45) is 0. The Kier molecular flexibility index (Phi) is 6.74. The number of thioether (sulfide) groups is 1. The molecule has 0 saturated heterocycles. The zero-order valence-corrected chi connectivity index (χ0v) is 18.7. The number of amides is 1. The van der Waals surface area contributed by atoms with Gasteiger partial charge in [-0.3, -0.25) is 4.79 Å². The zero-order valence-electron chi connectivity index (χ0n) is 17.1. The molecule has 0 saturated carbocycles. The van der Waals surface area contributed by atoms with E-state index in [0.29, 0.717) is 11.1 Å². The topological polar surface area (TPSA) is 68.0 Å². The highest BCUT2D eigenvalue weighted by atomic mass is 32.2. The largest absolute Gasteiger partial charge is 0.411 e. The fourth-order valence-electron chi connectivity index (χ4n) is 2.78. The predicted octanol–water partition coefficient (Wildman–Crippen LogP) is 6.32. The van der Waals surface area contributed by atoms with Gasteiger partial charge in [0.2, 0.25) is 11.8 Å². The van der Waals surface area contributed by atoms with Crippen LogP contribution in [0.1, 0.15) is 12.5 Å². The smallest absolute Gasteiger partial charge is 0.277 e. The van der Waals surface area contributed by atoms with E-state index in [1.807, 2.05) is 92.7 Å². The first-order chi connectivity index (χ1) is 15.1. The Bertz CT molecular complexity index is 1160. The van der Waals surface area contributed by atoms with Crippen LogP contribution in [0.3, 0.4) is 0 Å². The Labute approximate surface area is 189 Å². The number of anilines is 1. The molecule has 31 heavy (non-hydrogen) atoms. The minimum atomic E-state index is -0.402. The molecule has 0 aliphatic carbocycles. The van der Waals surface area contributed by atoms with Crippen LogP contribution >= 0.6 is 23.5 Å². The minimum absolute atomic E-state index is 0.124. The molecule has 0 spiro atoms. The maximum Gasteiger partial charge on any atom is 0.277 e. The summed E-state index contributed by atoms with van der Waals surface area (Å²) in [6, 6.07) is 25.7. The third kappa shape index (κ3) is 5.57. The summed E-state index contributed by atoms with van der Waals surface area (Å²) in [7, 11) is 0. The van der Waals surface area contributed by atoms with Crippen LogP contribution in [0, 0.1) is 6.92 Å². The number of carbonyl (C=O) groups is 1. The molecule has 3 aromatic carbocycles. The molecule has 4 rings (SSSR count). The number of nitrogens with one attached hydrogen (secondary N) is 1. The van der Waals surface area contributed by atoms with E-state index in [1.165, 1.54) is 11.8 Å². The van der Waals surface area contributed by atoms with Crippen LogP contribution in [0.25, 0.3) is 11.5 Å². The number of hydrogen-bond donors (Lipinski definition) is 1. The minimum Gasteiger partial charge on any atom is -0.411 e. The van der Waals surface area contributed by atoms with Crippen molar-refractivity contribution in [3.05, 3.63) is 84.4 Å². The number of hydrogen-bond acceptors (Lipinski definition) is 6. The van der Waals surface area contributed by atoms with E-state index >= 15 is 0 Å². The molecule has 0 fully saturated rings. The second-order valence-corrected chi connectivity index (χ2v) is 9.31. The summed E-state index contributed by atoms with van der Waals surface area (Å²) in [5, 5.41) is 11.2. The van der Waals surface area contributed by atoms with Crippen molar-refractivity contribution in [1.82, 2.24) is 10.2 Å². The van der Waals surface area contributed by atoms with Crippen LogP contribution in [0.4, 0.5) is 5.69 Å². The molecule has 1 N–H and O–H groups in total. The molecule has 0 aliphatic rings. The van der Waals surface area contributed by atoms with Crippen molar-refractivity contribution in [3.8, 4) is 11.5 Å². The van der Waals surface area contributed by atoms with Gasteiger partial charge < -0.3 is 9.73 Å². The van der Waals surface area contributed by atoms with E-state index < -0.39 is 5.25 Å². The first-order valence-corrected chi connectivity index (χ1v) is 11.5. The zero-order chi connectivity index (χ0) is 21.6. The Morgan fingerprint density at radius 1 is 0.935 bits per heavy atom. The lowest BCUT2D eigenvalue weighted by atomic mass is 10.1. The molecular weight excluding hydrogens is 426 g/mol. The Morgan fingerprint density at radius 3 is 2.42 bits per heavy atom. The van der Waals surface area contributed by atoms with Crippen LogP contribution in [0.5, 0.6) is 0 Å². The molecule has 156 valence electrons. The van der Waals surface area contributed by atoms with Crippen molar-refractivity contribution >= 4 is 35.1 Å². The number of para-hydroxylation sites is 1. The van der Waals surface area contributed by atoms with Gasteiger partial charge in [-0.1, -0.05) is 71.6 Å². The second-order valence-electron chi connectivity index (χ2n) is 6.90. The van der Waals surface area contributed by atoms with E-state index in [1.54, 1.807) is 11.8 Å². The van der Waals surface area contributed by atoms with Crippen molar-refractivity contribution in [2.24, 2.45) is 0 Å². The van der Waals surface area contributed by atoms with Crippen molar-refractivity contribution in [3.63, 3.8) is 0 Å². The summed E-state index contributed by atoms with van der Waals surface area (Å²) < 4.78 is 5.74. The van der Waals surface area contributed by atoms with E-state index in [4.69, 9.17) is 4.42 Å². The molecule has 1 amide bonds. The number of carbonyl (C=O) groups excluding carboxylic acids is 1. The predicted molar refractivity (Wildman–Crippen MR) is 125 cm³/mol. The van der Waals surface area contributed by atoms with Gasteiger partial charge in [0.25, 0.3) is 5.22 Å². The van der Waals surface area contributed by atoms with Crippen LogP contribution < -0.4 is 5.32 Å². The van der Waals surface area contributed by atoms with E-state index in [0.717, 1.165) is 26.6 Å². The Hall–Kier alpha value is -3.03. The van der Waals surface area contributed by atoms with Crippen LogP contribution in [-0.4, -0.2) is 21.4 Å². The highest BCUT2D eigenvalue weighted by molar-refractivity contribution is 8.00. The molecule has 0 bridgehead atoms. The van der Waals surface area contributed by atoms with Crippen LogP contribution in [0.2, 0.25) is 0 Å². The molecule has 7 heteroatoms. The van der Waals surface area contributed by atoms with E-state index in [2.05, 4.69) is 15.5 Å². The van der Waals surface area contributed by atoms with Crippen molar-refractivity contribution in [2.75, 3.05) is 5.32 Å². The molecule has 1 aromatic heterocycles. The highest BCUT2D eigenvalue weighted by Gasteiger charge is 2.20. The number of aryl methyl sites for hydroxylation is 1. The van der Waals surface area contributed by atoms with Crippen LogP contribution in [-0.2, 0) is 4.79 Å². The molecule has 0 radical (unpaired) electrons. The normalized spacial score (nSPS) is 11.8. The average molecular weight is 448 g/mol. The maximum absolute atomic E-state index is 12.8. The van der Waals surface area contributed by atoms with Gasteiger partial charge in [0, 0.05) is 15.4 Å². The van der Waals surface area contributed by atoms with Gasteiger partial charge in [0.05, 0.1) is 10.9 Å². The lowest BCUT2D eigenvalue weighted by Gasteiger charge is -2.13. The Balaban J connectivity index is 1.41. The van der Waals surface area contributed by atoms with Gasteiger partial charge in [-0.15, -0.1) is 10.2 Å². The third-order valence-electron chi connectivity index (χ3n) is 4.47. The van der Waals surface area contributed by atoms with Crippen molar-refractivity contribution in [2.45, 2.75) is 34.1 Å². The first-order valence-electron chi connectivity index (χ1n) is 9.78. The summed E-state index contributed by atoms with van der Waals surface area (Å²) >= 11 is 2.85. The van der Waals surface area contributed by atoms with Crippen LogP contribution in [0.15, 0.2) is 98.3 Å². The quantitative estimate of drug-likeness (QED) is 0.335.